The summed E-state index contributed by atoms with van der Waals surface area (Å²) in [4.78, 5) is 15.1. The standard InChI is InChI=1S/C12H20N2OS/c1-9(2)14(12(15)7-10(3)13)8-11-5-4-6-16-11/h4-6,9-10H,7-8,13H2,1-3H3. The van der Waals surface area contributed by atoms with E-state index in [1.165, 1.54) is 4.88 Å². The lowest BCUT2D eigenvalue weighted by Crippen LogP contribution is -2.38. The largest absolute Gasteiger partial charge is 0.335 e. The van der Waals surface area contributed by atoms with Crippen molar-refractivity contribution in [2.75, 3.05) is 0 Å². The van der Waals surface area contributed by atoms with Crippen LogP contribution in [-0.4, -0.2) is 22.9 Å². The molecule has 0 aliphatic rings. The zero-order valence-electron chi connectivity index (χ0n) is 10.1. The first-order chi connectivity index (χ1) is 7.50. The molecule has 16 heavy (non-hydrogen) atoms. The van der Waals surface area contributed by atoms with E-state index in [0.717, 1.165) is 0 Å². The van der Waals surface area contributed by atoms with Gasteiger partial charge < -0.3 is 10.6 Å². The lowest BCUT2D eigenvalue weighted by molar-refractivity contribution is -0.133. The van der Waals surface area contributed by atoms with Gasteiger partial charge in [0.2, 0.25) is 5.91 Å². The van der Waals surface area contributed by atoms with Gasteiger partial charge in [-0.15, -0.1) is 11.3 Å². The van der Waals surface area contributed by atoms with Crippen LogP contribution in [0.15, 0.2) is 17.5 Å². The number of nitrogens with zero attached hydrogens (tertiary/aromatic N) is 1. The Kier molecular flexibility index (Phi) is 4.96. The molecule has 90 valence electrons. The summed E-state index contributed by atoms with van der Waals surface area (Å²) in [7, 11) is 0. The minimum Gasteiger partial charge on any atom is -0.335 e. The van der Waals surface area contributed by atoms with Crippen molar-refractivity contribution in [3.63, 3.8) is 0 Å². The van der Waals surface area contributed by atoms with Crippen molar-refractivity contribution in [3.05, 3.63) is 22.4 Å². The third kappa shape index (κ3) is 3.94. The molecule has 1 atom stereocenters. The zero-order valence-corrected chi connectivity index (χ0v) is 11.0. The van der Waals surface area contributed by atoms with E-state index in [2.05, 4.69) is 6.07 Å². The van der Waals surface area contributed by atoms with Crippen LogP contribution in [0.2, 0.25) is 0 Å². The maximum absolute atomic E-state index is 12.0. The van der Waals surface area contributed by atoms with Crippen LogP contribution >= 0.6 is 11.3 Å². The van der Waals surface area contributed by atoms with E-state index in [-0.39, 0.29) is 18.0 Å². The minimum atomic E-state index is -0.0721. The molecule has 0 aliphatic carbocycles. The Morgan fingerprint density at radius 3 is 2.62 bits per heavy atom. The monoisotopic (exact) mass is 240 g/mol. The van der Waals surface area contributed by atoms with Crippen molar-refractivity contribution in [2.45, 2.75) is 45.8 Å². The normalized spacial score (nSPS) is 12.8. The Hall–Kier alpha value is -0.870. The molecule has 1 amide bonds. The summed E-state index contributed by atoms with van der Waals surface area (Å²) in [6.07, 6.45) is 0.420. The van der Waals surface area contributed by atoms with Gasteiger partial charge in [-0.05, 0) is 32.2 Å². The smallest absolute Gasteiger partial charge is 0.224 e. The second-order valence-corrected chi connectivity index (χ2v) is 5.41. The van der Waals surface area contributed by atoms with E-state index in [1.54, 1.807) is 11.3 Å². The topological polar surface area (TPSA) is 46.3 Å². The van der Waals surface area contributed by atoms with Gasteiger partial charge in [0.15, 0.2) is 0 Å². The van der Waals surface area contributed by atoms with E-state index >= 15 is 0 Å². The van der Waals surface area contributed by atoms with Gasteiger partial charge in [-0.25, -0.2) is 0 Å². The highest BCUT2D eigenvalue weighted by molar-refractivity contribution is 7.09. The van der Waals surface area contributed by atoms with Crippen molar-refractivity contribution in [2.24, 2.45) is 5.73 Å². The van der Waals surface area contributed by atoms with Crippen molar-refractivity contribution in [3.8, 4) is 0 Å². The summed E-state index contributed by atoms with van der Waals surface area (Å²) < 4.78 is 0. The SMILES string of the molecule is CC(N)CC(=O)N(Cc1cccs1)C(C)C. The van der Waals surface area contributed by atoms with Crippen molar-refractivity contribution in [1.29, 1.82) is 0 Å². The molecule has 0 aromatic carbocycles. The average Bonchev–Trinajstić information content (AvgIpc) is 2.64. The maximum atomic E-state index is 12.0. The Labute approximate surface area is 101 Å². The van der Waals surface area contributed by atoms with E-state index in [1.807, 2.05) is 37.1 Å². The van der Waals surface area contributed by atoms with Gasteiger partial charge in [0.25, 0.3) is 0 Å². The van der Waals surface area contributed by atoms with Crippen LogP contribution in [0.5, 0.6) is 0 Å². The number of nitrogens with two attached hydrogens (primary N) is 1. The molecule has 0 radical (unpaired) electrons. The molecule has 0 bridgehead atoms. The van der Waals surface area contributed by atoms with Crippen LogP contribution in [0.4, 0.5) is 0 Å². The number of hydrogen-bond donors (Lipinski definition) is 1. The zero-order chi connectivity index (χ0) is 12.1. The van der Waals surface area contributed by atoms with Gasteiger partial charge in [0.1, 0.15) is 0 Å². The van der Waals surface area contributed by atoms with Gasteiger partial charge in [0, 0.05) is 23.4 Å². The fourth-order valence-electron chi connectivity index (χ4n) is 1.52. The van der Waals surface area contributed by atoms with Gasteiger partial charge in [-0.2, -0.15) is 0 Å². The molecular weight excluding hydrogens is 220 g/mol. The number of thiophene rings is 1. The van der Waals surface area contributed by atoms with E-state index in [0.29, 0.717) is 13.0 Å². The molecule has 0 aliphatic heterocycles. The predicted octanol–water partition coefficient (Wildman–Crippen LogP) is 2.22. The summed E-state index contributed by atoms with van der Waals surface area (Å²) in [5, 5.41) is 2.03. The van der Waals surface area contributed by atoms with Crippen LogP contribution in [0.1, 0.15) is 32.1 Å². The predicted molar refractivity (Wildman–Crippen MR) is 68.3 cm³/mol. The van der Waals surface area contributed by atoms with Crippen molar-refractivity contribution in [1.82, 2.24) is 4.90 Å². The molecule has 1 heterocycles. The van der Waals surface area contributed by atoms with Crippen LogP contribution < -0.4 is 5.73 Å². The molecule has 0 saturated heterocycles. The van der Waals surface area contributed by atoms with Gasteiger partial charge in [0.05, 0.1) is 6.54 Å². The summed E-state index contributed by atoms with van der Waals surface area (Å²) in [6.45, 7) is 6.63. The van der Waals surface area contributed by atoms with E-state index in [9.17, 15) is 4.79 Å². The van der Waals surface area contributed by atoms with Crippen molar-refractivity contribution < 1.29 is 4.79 Å². The first-order valence-corrected chi connectivity index (χ1v) is 6.46. The van der Waals surface area contributed by atoms with Gasteiger partial charge in [-0.3, -0.25) is 4.79 Å². The highest BCUT2D eigenvalue weighted by atomic mass is 32.1. The van der Waals surface area contributed by atoms with Crippen LogP contribution in [0.25, 0.3) is 0 Å². The second kappa shape index (κ2) is 6.01. The number of carbonyl (C=O) groups excluding carboxylic acids is 1. The fraction of sp³-hybridized carbons (Fsp3) is 0.583. The lowest BCUT2D eigenvalue weighted by atomic mass is 10.2. The highest BCUT2D eigenvalue weighted by Gasteiger charge is 2.18. The summed E-state index contributed by atoms with van der Waals surface area (Å²) in [6, 6.07) is 4.21. The molecule has 1 rings (SSSR count). The quantitative estimate of drug-likeness (QED) is 0.858. The Morgan fingerprint density at radius 2 is 2.19 bits per heavy atom. The van der Waals surface area contributed by atoms with Crippen LogP contribution in [0, 0.1) is 0 Å². The van der Waals surface area contributed by atoms with Crippen LogP contribution in [-0.2, 0) is 11.3 Å². The number of rotatable bonds is 5. The third-order valence-electron chi connectivity index (χ3n) is 2.35. The molecule has 1 unspecified atom stereocenters. The summed E-state index contributed by atoms with van der Waals surface area (Å²) in [5.41, 5.74) is 5.66. The first-order valence-electron chi connectivity index (χ1n) is 5.58. The Morgan fingerprint density at radius 1 is 1.50 bits per heavy atom. The third-order valence-corrected chi connectivity index (χ3v) is 3.21. The average molecular weight is 240 g/mol. The molecule has 2 N–H and O–H groups in total. The maximum Gasteiger partial charge on any atom is 0.224 e. The Bertz CT molecular complexity index is 320. The molecule has 0 saturated carbocycles. The molecule has 0 spiro atoms. The summed E-state index contributed by atoms with van der Waals surface area (Å²) in [5.74, 6) is 0.137. The molecule has 0 fully saturated rings. The number of hydrogen-bond acceptors (Lipinski definition) is 3. The van der Waals surface area contributed by atoms with Gasteiger partial charge >= 0.3 is 0 Å². The van der Waals surface area contributed by atoms with Gasteiger partial charge in [-0.1, -0.05) is 6.07 Å². The molecular formula is C12H20N2OS. The lowest BCUT2D eigenvalue weighted by Gasteiger charge is -2.27. The first kappa shape index (κ1) is 13.2. The molecule has 1 aromatic rings. The molecule has 4 heteroatoms. The molecule has 3 nitrogen and oxygen atoms in total. The Balaban J connectivity index is 2.64. The summed E-state index contributed by atoms with van der Waals surface area (Å²) >= 11 is 1.68. The van der Waals surface area contributed by atoms with E-state index in [4.69, 9.17) is 5.73 Å². The second-order valence-electron chi connectivity index (χ2n) is 4.38. The number of carbonyl (C=O) groups is 1. The number of amides is 1. The van der Waals surface area contributed by atoms with E-state index < -0.39 is 0 Å². The minimum absolute atomic E-state index is 0.0721. The highest BCUT2D eigenvalue weighted by Crippen LogP contribution is 2.15. The fourth-order valence-corrected chi connectivity index (χ4v) is 2.22. The van der Waals surface area contributed by atoms with Crippen LogP contribution in [0.3, 0.4) is 0 Å². The van der Waals surface area contributed by atoms with Crippen molar-refractivity contribution >= 4 is 17.2 Å². The molecule has 1 aromatic heterocycles.